The summed E-state index contributed by atoms with van der Waals surface area (Å²) in [6, 6.07) is 0. The lowest BCUT2D eigenvalue weighted by molar-refractivity contribution is -0.284. The van der Waals surface area contributed by atoms with Gasteiger partial charge in [0.25, 0.3) is 0 Å². The molecule has 4 nitrogen and oxygen atoms in total. The fourth-order valence-electron chi connectivity index (χ4n) is 1.10. The van der Waals surface area contributed by atoms with Crippen LogP contribution in [-0.2, 0) is 14.5 Å². The zero-order chi connectivity index (χ0) is 8.16. The van der Waals surface area contributed by atoms with Gasteiger partial charge in [-0.05, 0) is 12.8 Å². The minimum atomic E-state index is -0.242. The molecular formula is C7H15NO3. The molecular weight excluding hydrogens is 146 g/mol. The summed E-state index contributed by atoms with van der Waals surface area (Å²) in [4.78, 5) is 9.28. The molecule has 0 saturated carbocycles. The lowest BCUT2D eigenvalue weighted by Gasteiger charge is -2.31. The second kappa shape index (κ2) is 4.01. The van der Waals surface area contributed by atoms with Gasteiger partial charge in [-0.15, -0.1) is 0 Å². The van der Waals surface area contributed by atoms with Crippen molar-refractivity contribution in [3.05, 3.63) is 0 Å². The van der Waals surface area contributed by atoms with Crippen LogP contribution in [0.5, 0.6) is 0 Å². The fraction of sp³-hybridized carbons (Fsp3) is 1.00. The van der Waals surface area contributed by atoms with Crippen LogP contribution < -0.4 is 5.73 Å². The molecule has 0 atom stereocenters. The molecule has 0 bridgehead atoms. The lowest BCUT2D eigenvalue weighted by Crippen LogP contribution is -2.48. The van der Waals surface area contributed by atoms with Crippen LogP contribution in [0.25, 0.3) is 0 Å². The molecule has 4 heteroatoms. The van der Waals surface area contributed by atoms with E-state index in [4.69, 9.17) is 15.4 Å². The van der Waals surface area contributed by atoms with Crippen molar-refractivity contribution in [3.63, 3.8) is 0 Å². The Hall–Kier alpha value is -0.160. The summed E-state index contributed by atoms with van der Waals surface area (Å²) in [6.07, 6.45) is 1.69. The Morgan fingerprint density at radius 3 is 2.64 bits per heavy atom. The van der Waals surface area contributed by atoms with Gasteiger partial charge in [-0.1, -0.05) is 0 Å². The van der Waals surface area contributed by atoms with Gasteiger partial charge in [0, 0.05) is 18.8 Å². The molecule has 1 heterocycles. The normalized spacial score (nSPS) is 23.5. The molecule has 11 heavy (non-hydrogen) atoms. The number of nitrogens with two attached hydrogens (primary N) is 1. The average Bonchev–Trinajstić information content (AvgIpc) is 2.03. The van der Waals surface area contributed by atoms with E-state index in [1.165, 1.54) is 7.11 Å². The second-order valence-corrected chi connectivity index (χ2v) is 2.90. The highest BCUT2D eigenvalue weighted by molar-refractivity contribution is 4.85. The molecule has 1 aliphatic rings. The maximum Gasteiger partial charge on any atom is 0.100 e. The number of hydrogen-bond acceptors (Lipinski definition) is 4. The summed E-state index contributed by atoms with van der Waals surface area (Å²) in [5.74, 6) is 0. The molecule has 0 amide bonds. The molecule has 2 N–H and O–H groups in total. The maximum absolute atomic E-state index is 5.96. The van der Waals surface area contributed by atoms with Gasteiger partial charge in [0.2, 0.25) is 0 Å². The average molecular weight is 161 g/mol. The van der Waals surface area contributed by atoms with Crippen molar-refractivity contribution in [2.45, 2.75) is 18.4 Å². The summed E-state index contributed by atoms with van der Waals surface area (Å²) >= 11 is 0. The summed E-state index contributed by atoms with van der Waals surface area (Å²) in [6.45, 7) is 1.90. The Kier molecular flexibility index (Phi) is 3.26. The zero-order valence-electron chi connectivity index (χ0n) is 6.84. The number of hydrogen-bond donors (Lipinski definition) is 1. The molecule has 66 valence electrons. The van der Waals surface area contributed by atoms with Crippen molar-refractivity contribution >= 4 is 0 Å². The van der Waals surface area contributed by atoms with E-state index < -0.39 is 0 Å². The van der Waals surface area contributed by atoms with Crippen molar-refractivity contribution in [2.75, 3.05) is 26.9 Å². The van der Waals surface area contributed by atoms with E-state index in [0.717, 1.165) is 26.1 Å². The molecule has 1 saturated heterocycles. The van der Waals surface area contributed by atoms with Gasteiger partial charge < -0.3 is 10.5 Å². The van der Waals surface area contributed by atoms with Gasteiger partial charge in [0.1, 0.15) is 6.61 Å². The van der Waals surface area contributed by atoms with Gasteiger partial charge in [-0.25, -0.2) is 9.78 Å². The van der Waals surface area contributed by atoms with Crippen molar-refractivity contribution < 1.29 is 14.5 Å². The van der Waals surface area contributed by atoms with Crippen LogP contribution in [-0.4, -0.2) is 32.5 Å². The quantitative estimate of drug-likeness (QED) is 0.470. The number of ether oxygens (including phenoxy) is 1. The van der Waals surface area contributed by atoms with E-state index in [9.17, 15) is 0 Å². The summed E-state index contributed by atoms with van der Waals surface area (Å²) < 4.78 is 5.17. The summed E-state index contributed by atoms with van der Waals surface area (Å²) in [5.41, 5.74) is 5.72. The minimum absolute atomic E-state index is 0.242. The van der Waals surface area contributed by atoms with Crippen LogP contribution in [0.4, 0.5) is 0 Å². The Morgan fingerprint density at radius 2 is 2.09 bits per heavy atom. The maximum atomic E-state index is 5.96. The van der Waals surface area contributed by atoms with Crippen LogP contribution in [0.3, 0.4) is 0 Å². The van der Waals surface area contributed by atoms with E-state index in [0.29, 0.717) is 6.61 Å². The predicted molar refractivity (Wildman–Crippen MR) is 39.9 cm³/mol. The molecule has 0 spiro atoms. The second-order valence-electron chi connectivity index (χ2n) is 2.90. The largest absolute Gasteiger partial charge is 0.381 e. The first-order valence-electron chi connectivity index (χ1n) is 3.79. The SMILES string of the molecule is COOCC1(N)CCOCC1. The third kappa shape index (κ3) is 2.75. The molecule has 0 aliphatic carbocycles. The Bertz CT molecular complexity index is 112. The first-order chi connectivity index (χ1) is 5.27. The van der Waals surface area contributed by atoms with E-state index in [1.54, 1.807) is 0 Å². The van der Waals surface area contributed by atoms with Gasteiger partial charge in [0.05, 0.1) is 7.11 Å². The van der Waals surface area contributed by atoms with E-state index in [1.807, 2.05) is 0 Å². The lowest BCUT2D eigenvalue weighted by atomic mass is 9.93. The van der Waals surface area contributed by atoms with Crippen LogP contribution in [0.2, 0.25) is 0 Å². The van der Waals surface area contributed by atoms with Gasteiger partial charge in [-0.2, -0.15) is 0 Å². The Morgan fingerprint density at radius 1 is 1.45 bits per heavy atom. The van der Waals surface area contributed by atoms with Crippen LogP contribution >= 0.6 is 0 Å². The molecule has 1 fully saturated rings. The van der Waals surface area contributed by atoms with Crippen LogP contribution in [0.15, 0.2) is 0 Å². The minimum Gasteiger partial charge on any atom is -0.381 e. The van der Waals surface area contributed by atoms with Gasteiger partial charge >= 0.3 is 0 Å². The molecule has 0 aromatic heterocycles. The molecule has 0 aromatic rings. The van der Waals surface area contributed by atoms with E-state index >= 15 is 0 Å². The van der Waals surface area contributed by atoms with Gasteiger partial charge in [0.15, 0.2) is 0 Å². The summed E-state index contributed by atoms with van der Waals surface area (Å²) in [5, 5.41) is 0. The highest BCUT2D eigenvalue weighted by Gasteiger charge is 2.28. The standard InChI is InChI=1S/C7H15NO3/c1-9-11-6-7(8)2-4-10-5-3-7/h2-6,8H2,1H3. The molecule has 0 unspecified atom stereocenters. The zero-order valence-corrected chi connectivity index (χ0v) is 6.84. The molecule has 1 rings (SSSR count). The number of rotatable bonds is 3. The third-order valence-corrected chi connectivity index (χ3v) is 1.95. The first-order valence-corrected chi connectivity index (χ1v) is 3.79. The van der Waals surface area contributed by atoms with Crippen molar-refractivity contribution in [2.24, 2.45) is 5.73 Å². The van der Waals surface area contributed by atoms with E-state index in [2.05, 4.69) is 4.89 Å². The third-order valence-electron chi connectivity index (χ3n) is 1.95. The van der Waals surface area contributed by atoms with E-state index in [-0.39, 0.29) is 5.54 Å². The predicted octanol–water partition coefficient (Wildman–Crippen LogP) is 0.0723. The van der Waals surface area contributed by atoms with Crippen molar-refractivity contribution in [1.29, 1.82) is 0 Å². The highest BCUT2D eigenvalue weighted by Crippen LogP contribution is 2.17. The van der Waals surface area contributed by atoms with Crippen LogP contribution in [0, 0.1) is 0 Å². The Balaban J connectivity index is 2.25. The van der Waals surface area contributed by atoms with Crippen molar-refractivity contribution in [1.82, 2.24) is 0 Å². The highest BCUT2D eigenvalue weighted by atomic mass is 17.2. The Labute approximate surface area is 66.5 Å². The summed E-state index contributed by atoms with van der Waals surface area (Å²) in [7, 11) is 1.49. The molecule has 0 aromatic carbocycles. The molecule has 1 aliphatic heterocycles. The first kappa shape index (κ1) is 8.93. The fourth-order valence-corrected chi connectivity index (χ4v) is 1.10. The van der Waals surface area contributed by atoms with Crippen molar-refractivity contribution in [3.8, 4) is 0 Å². The topological polar surface area (TPSA) is 53.7 Å². The molecule has 0 radical (unpaired) electrons. The van der Waals surface area contributed by atoms with Crippen LogP contribution in [0.1, 0.15) is 12.8 Å². The van der Waals surface area contributed by atoms with Gasteiger partial charge in [-0.3, -0.25) is 0 Å². The monoisotopic (exact) mass is 161 g/mol. The smallest absolute Gasteiger partial charge is 0.100 e.